The van der Waals surface area contributed by atoms with E-state index in [1.807, 2.05) is 19.2 Å². The summed E-state index contributed by atoms with van der Waals surface area (Å²) in [5, 5.41) is 5.83. The molecular weight excluding hydrogens is 273 g/mol. The van der Waals surface area contributed by atoms with Gasteiger partial charge in [-0.1, -0.05) is 0 Å². The number of nitrogens with zero attached hydrogens (tertiary/aromatic N) is 1. The number of hydrogen-bond acceptors (Lipinski definition) is 3. The average Bonchev–Trinajstić information content (AvgIpc) is 2.78. The predicted octanol–water partition coefficient (Wildman–Crippen LogP) is 3.72. The number of benzene rings is 1. The molecule has 0 bridgehead atoms. The molecule has 2 nitrogen and oxygen atoms in total. The third kappa shape index (κ3) is 3.33. The van der Waals surface area contributed by atoms with Crippen LogP contribution in [0.3, 0.4) is 0 Å². The minimum atomic E-state index is -1.18. The standard InChI is InChI=1S/C13H13F3N2S/c1-7-6-19-13(18-7)8(2)17-5-9-3-11(15)12(16)4-10(9)14/h3-4,6,8,17H,5H2,1-2H3. The molecular formula is C13H13F3N2S. The zero-order valence-corrected chi connectivity index (χ0v) is 11.3. The monoisotopic (exact) mass is 286 g/mol. The number of rotatable bonds is 4. The lowest BCUT2D eigenvalue weighted by molar-refractivity contribution is 0.482. The average molecular weight is 286 g/mol. The SMILES string of the molecule is Cc1csc(C(C)NCc2cc(F)c(F)cc2F)n1. The lowest BCUT2D eigenvalue weighted by atomic mass is 10.2. The van der Waals surface area contributed by atoms with Gasteiger partial charge in [0, 0.05) is 29.2 Å². The molecule has 0 aliphatic carbocycles. The summed E-state index contributed by atoms with van der Waals surface area (Å²) in [6, 6.07) is 1.36. The van der Waals surface area contributed by atoms with Gasteiger partial charge in [-0.15, -0.1) is 11.3 Å². The molecule has 0 amide bonds. The van der Waals surface area contributed by atoms with Gasteiger partial charge >= 0.3 is 0 Å². The van der Waals surface area contributed by atoms with Crippen molar-refractivity contribution in [3.05, 3.63) is 51.2 Å². The van der Waals surface area contributed by atoms with Crippen LogP contribution in [-0.4, -0.2) is 4.98 Å². The first-order valence-corrected chi connectivity index (χ1v) is 6.64. The van der Waals surface area contributed by atoms with Crippen molar-refractivity contribution in [3.8, 4) is 0 Å². The fourth-order valence-electron chi connectivity index (χ4n) is 1.62. The number of aromatic nitrogens is 1. The molecule has 6 heteroatoms. The fraction of sp³-hybridized carbons (Fsp3) is 0.308. The third-order valence-corrected chi connectivity index (χ3v) is 3.84. The van der Waals surface area contributed by atoms with Crippen LogP contribution in [0.1, 0.15) is 29.2 Å². The van der Waals surface area contributed by atoms with E-state index in [4.69, 9.17) is 0 Å². The maximum absolute atomic E-state index is 13.4. The second kappa shape index (κ2) is 5.71. The van der Waals surface area contributed by atoms with E-state index in [-0.39, 0.29) is 18.2 Å². The van der Waals surface area contributed by atoms with Crippen molar-refractivity contribution < 1.29 is 13.2 Å². The van der Waals surface area contributed by atoms with Crippen LogP contribution in [0.2, 0.25) is 0 Å². The highest BCUT2D eigenvalue weighted by atomic mass is 32.1. The first-order valence-electron chi connectivity index (χ1n) is 5.76. The van der Waals surface area contributed by atoms with E-state index in [2.05, 4.69) is 10.3 Å². The van der Waals surface area contributed by atoms with Gasteiger partial charge in [0.1, 0.15) is 10.8 Å². The lowest BCUT2D eigenvalue weighted by Gasteiger charge is -2.12. The van der Waals surface area contributed by atoms with E-state index in [1.165, 1.54) is 11.3 Å². The number of aryl methyl sites for hydroxylation is 1. The second-order valence-corrected chi connectivity index (χ2v) is 5.18. The van der Waals surface area contributed by atoms with Gasteiger partial charge in [-0.05, 0) is 19.9 Å². The molecule has 0 aliphatic rings. The smallest absolute Gasteiger partial charge is 0.161 e. The van der Waals surface area contributed by atoms with Crippen LogP contribution >= 0.6 is 11.3 Å². The summed E-state index contributed by atoms with van der Waals surface area (Å²) in [5.74, 6) is -2.98. The molecule has 2 rings (SSSR count). The molecule has 1 aromatic heterocycles. The summed E-state index contributed by atoms with van der Waals surface area (Å²) in [6.07, 6.45) is 0. The molecule has 0 fully saturated rings. The van der Waals surface area contributed by atoms with Gasteiger partial charge in [0.15, 0.2) is 11.6 Å². The lowest BCUT2D eigenvalue weighted by Crippen LogP contribution is -2.19. The highest BCUT2D eigenvalue weighted by Crippen LogP contribution is 2.19. The number of thiazole rings is 1. The molecule has 0 saturated carbocycles. The second-order valence-electron chi connectivity index (χ2n) is 4.29. The van der Waals surface area contributed by atoms with Gasteiger partial charge in [0.25, 0.3) is 0 Å². The Morgan fingerprint density at radius 3 is 2.53 bits per heavy atom. The van der Waals surface area contributed by atoms with Gasteiger partial charge in [-0.25, -0.2) is 18.2 Å². The molecule has 1 N–H and O–H groups in total. The first-order chi connectivity index (χ1) is 8.97. The van der Waals surface area contributed by atoms with E-state index in [1.54, 1.807) is 0 Å². The summed E-state index contributed by atoms with van der Waals surface area (Å²) >= 11 is 1.50. The maximum atomic E-state index is 13.4. The van der Waals surface area contributed by atoms with Crippen LogP contribution in [-0.2, 0) is 6.54 Å². The van der Waals surface area contributed by atoms with Gasteiger partial charge in [-0.3, -0.25) is 0 Å². The Balaban J connectivity index is 2.04. The van der Waals surface area contributed by atoms with E-state index in [9.17, 15) is 13.2 Å². The molecule has 1 heterocycles. The van der Waals surface area contributed by atoms with Crippen molar-refractivity contribution in [2.24, 2.45) is 0 Å². The molecule has 0 spiro atoms. The molecule has 1 atom stereocenters. The molecule has 0 radical (unpaired) electrons. The number of nitrogens with one attached hydrogen (secondary N) is 1. The fourth-order valence-corrected chi connectivity index (χ4v) is 2.45. The van der Waals surface area contributed by atoms with Crippen molar-refractivity contribution >= 4 is 11.3 Å². The van der Waals surface area contributed by atoms with Crippen LogP contribution in [0, 0.1) is 24.4 Å². The molecule has 1 aromatic carbocycles. The van der Waals surface area contributed by atoms with Crippen LogP contribution in [0.5, 0.6) is 0 Å². The largest absolute Gasteiger partial charge is 0.304 e. The number of halogens is 3. The molecule has 0 aliphatic heterocycles. The van der Waals surface area contributed by atoms with E-state index in [0.717, 1.165) is 16.8 Å². The minimum absolute atomic E-state index is 0.0776. The van der Waals surface area contributed by atoms with Crippen molar-refractivity contribution in [2.45, 2.75) is 26.4 Å². The molecule has 0 saturated heterocycles. The molecule has 2 aromatic rings. The highest BCUT2D eigenvalue weighted by molar-refractivity contribution is 7.09. The Bertz CT molecular complexity index is 583. The van der Waals surface area contributed by atoms with Gasteiger partial charge < -0.3 is 5.32 Å². The van der Waals surface area contributed by atoms with E-state index < -0.39 is 17.5 Å². The van der Waals surface area contributed by atoms with Crippen LogP contribution in [0.15, 0.2) is 17.5 Å². The molecule has 19 heavy (non-hydrogen) atoms. The Morgan fingerprint density at radius 2 is 1.89 bits per heavy atom. The zero-order chi connectivity index (χ0) is 14.0. The number of hydrogen-bond donors (Lipinski definition) is 1. The van der Waals surface area contributed by atoms with Crippen molar-refractivity contribution in [2.75, 3.05) is 0 Å². The summed E-state index contributed by atoms with van der Waals surface area (Å²) in [7, 11) is 0. The minimum Gasteiger partial charge on any atom is -0.304 e. The maximum Gasteiger partial charge on any atom is 0.161 e. The Kier molecular flexibility index (Phi) is 4.21. The van der Waals surface area contributed by atoms with E-state index in [0.29, 0.717) is 6.07 Å². The van der Waals surface area contributed by atoms with Crippen molar-refractivity contribution in [1.82, 2.24) is 10.3 Å². The summed E-state index contributed by atoms with van der Waals surface area (Å²) in [4.78, 5) is 4.31. The normalized spacial score (nSPS) is 12.7. The van der Waals surface area contributed by atoms with E-state index >= 15 is 0 Å². The third-order valence-electron chi connectivity index (χ3n) is 2.70. The van der Waals surface area contributed by atoms with Gasteiger partial charge in [0.2, 0.25) is 0 Å². The summed E-state index contributed by atoms with van der Waals surface area (Å²) in [5.41, 5.74) is 1.02. The van der Waals surface area contributed by atoms with Crippen LogP contribution in [0.25, 0.3) is 0 Å². The Hall–Kier alpha value is -1.40. The predicted molar refractivity (Wildman–Crippen MR) is 68.4 cm³/mol. The molecule has 1 unspecified atom stereocenters. The highest BCUT2D eigenvalue weighted by Gasteiger charge is 2.13. The Morgan fingerprint density at radius 1 is 1.21 bits per heavy atom. The first kappa shape index (κ1) is 14.0. The van der Waals surface area contributed by atoms with Crippen LogP contribution < -0.4 is 5.32 Å². The van der Waals surface area contributed by atoms with Crippen molar-refractivity contribution in [3.63, 3.8) is 0 Å². The molecule has 102 valence electrons. The van der Waals surface area contributed by atoms with Gasteiger partial charge in [0.05, 0.1) is 6.04 Å². The quantitative estimate of drug-likeness (QED) is 0.866. The summed E-state index contributed by atoms with van der Waals surface area (Å²) in [6.45, 7) is 3.89. The zero-order valence-electron chi connectivity index (χ0n) is 10.5. The van der Waals surface area contributed by atoms with Crippen molar-refractivity contribution in [1.29, 1.82) is 0 Å². The summed E-state index contributed by atoms with van der Waals surface area (Å²) < 4.78 is 39.2. The van der Waals surface area contributed by atoms with Gasteiger partial charge in [-0.2, -0.15) is 0 Å². The van der Waals surface area contributed by atoms with Crippen LogP contribution in [0.4, 0.5) is 13.2 Å². The Labute approximate surface area is 113 Å². The topological polar surface area (TPSA) is 24.9 Å².